The van der Waals surface area contributed by atoms with Gasteiger partial charge in [-0.1, -0.05) is 6.92 Å². The van der Waals surface area contributed by atoms with E-state index in [4.69, 9.17) is 9.84 Å². The van der Waals surface area contributed by atoms with Crippen molar-refractivity contribution in [1.29, 1.82) is 0 Å². The quantitative estimate of drug-likeness (QED) is 0.852. The number of hydrogen-bond donors (Lipinski definition) is 1. The van der Waals surface area contributed by atoms with Crippen molar-refractivity contribution >= 4 is 15.9 Å². The van der Waals surface area contributed by atoms with Crippen molar-refractivity contribution in [2.45, 2.75) is 70.7 Å². The summed E-state index contributed by atoms with van der Waals surface area (Å²) in [5.41, 5.74) is 2.50. The van der Waals surface area contributed by atoms with Gasteiger partial charge in [-0.15, -0.1) is 0 Å². The van der Waals surface area contributed by atoms with E-state index in [2.05, 4.69) is 46.8 Å². The molecule has 0 aliphatic carbocycles. The van der Waals surface area contributed by atoms with Crippen molar-refractivity contribution in [2.75, 3.05) is 7.05 Å². The van der Waals surface area contributed by atoms with Crippen molar-refractivity contribution in [3.8, 4) is 0 Å². The third-order valence-electron chi connectivity index (χ3n) is 5.15. The molecule has 2 aliphatic rings. The number of rotatable bonds is 6. The van der Waals surface area contributed by atoms with E-state index in [-0.39, 0.29) is 0 Å². The number of likely N-dealkylation sites (N-methyl/N-ethyl adjacent to an activating group) is 1. The monoisotopic (exact) mass is 355 g/mol. The van der Waals surface area contributed by atoms with Crippen molar-refractivity contribution in [3.63, 3.8) is 0 Å². The lowest BCUT2D eigenvalue weighted by molar-refractivity contribution is 0.0861. The summed E-state index contributed by atoms with van der Waals surface area (Å²) in [6, 6.07) is 0.475. The largest absolute Gasteiger partial charge is 0.375 e. The first-order valence-electron chi connectivity index (χ1n) is 8.24. The number of aromatic nitrogens is 2. The van der Waals surface area contributed by atoms with Crippen LogP contribution in [0.5, 0.6) is 0 Å². The zero-order chi connectivity index (χ0) is 15.0. The Kier molecular flexibility index (Phi) is 4.71. The average Bonchev–Trinajstić information content (AvgIpc) is 3.19. The highest BCUT2D eigenvalue weighted by Crippen LogP contribution is 2.41. The molecule has 2 fully saturated rings. The number of halogens is 1. The Bertz CT molecular complexity index is 502. The normalized spacial score (nSPS) is 29.2. The second-order valence-corrected chi connectivity index (χ2v) is 7.04. The molecule has 0 spiro atoms. The second-order valence-electron chi connectivity index (χ2n) is 6.25. The molecule has 4 atom stereocenters. The van der Waals surface area contributed by atoms with Gasteiger partial charge in [0.15, 0.2) is 0 Å². The summed E-state index contributed by atoms with van der Waals surface area (Å²) in [6.07, 6.45) is 6.69. The molecule has 118 valence electrons. The van der Waals surface area contributed by atoms with Crippen LogP contribution in [-0.4, -0.2) is 35.1 Å². The Morgan fingerprint density at radius 1 is 1.43 bits per heavy atom. The minimum absolute atomic E-state index is 0.467. The fourth-order valence-corrected chi connectivity index (χ4v) is 4.71. The van der Waals surface area contributed by atoms with Crippen LogP contribution in [-0.2, 0) is 24.1 Å². The van der Waals surface area contributed by atoms with Crippen molar-refractivity contribution in [2.24, 2.45) is 5.92 Å². The molecule has 2 aliphatic heterocycles. The maximum Gasteiger partial charge on any atom is 0.0766 e. The SMILES string of the molecule is CCc1nn(CC)c(CC(NC)C2CC3CCC2O3)c1Br. The first kappa shape index (κ1) is 15.5. The van der Waals surface area contributed by atoms with Gasteiger partial charge >= 0.3 is 0 Å². The summed E-state index contributed by atoms with van der Waals surface area (Å²) in [4.78, 5) is 0. The molecule has 0 amide bonds. The van der Waals surface area contributed by atoms with Gasteiger partial charge in [-0.05, 0) is 55.6 Å². The fourth-order valence-electron chi connectivity index (χ4n) is 3.99. The van der Waals surface area contributed by atoms with Crippen LogP contribution in [0.4, 0.5) is 0 Å². The van der Waals surface area contributed by atoms with E-state index in [1.165, 1.54) is 35.1 Å². The topological polar surface area (TPSA) is 39.1 Å². The summed E-state index contributed by atoms with van der Waals surface area (Å²) >= 11 is 3.77. The van der Waals surface area contributed by atoms with Crippen LogP contribution < -0.4 is 5.32 Å². The Morgan fingerprint density at radius 3 is 2.76 bits per heavy atom. The molecular weight excluding hydrogens is 330 g/mol. The molecule has 0 saturated carbocycles. The van der Waals surface area contributed by atoms with Crippen molar-refractivity contribution in [3.05, 3.63) is 15.9 Å². The summed E-state index contributed by atoms with van der Waals surface area (Å²) in [7, 11) is 2.08. The Labute approximate surface area is 135 Å². The van der Waals surface area contributed by atoms with Crippen LogP contribution in [0.25, 0.3) is 0 Å². The molecule has 5 heteroatoms. The van der Waals surface area contributed by atoms with Gasteiger partial charge in [-0.2, -0.15) is 5.10 Å². The third-order valence-corrected chi connectivity index (χ3v) is 6.06. The number of ether oxygens (including phenoxy) is 1. The predicted octanol–water partition coefficient (Wildman–Crippen LogP) is 2.93. The van der Waals surface area contributed by atoms with E-state index in [1.54, 1.807) is 0 Å². The summed E-state index contributed by atoms with van der Waals surface area (Å²) in [6.45, 7) is 5.26. The van der Waals surface area contributed by atoms with Gasteiger partial charge < -0.3 is 10.1 Å². The smallest absolute Gasteiger partial charge is 0.0766 e. The summed E-state index contributed by atoms with van der Waals surface area (Å²) in [5, 5.41) is 8.26. The van der Waals surface area contributed by atoms with Gasteiger partial charge in [0.2, 0.25) is 0 Å². The first-order chi connectivity index (χ1) is 10.2. The second kappa shape index (κ2) is 6.39. The maximum absolute atomic E-state index is 6.04. The molecule has 0 aromatic carbocycles. The summed E-state index contributed by atoms with van der Waals surface area (Å²) < 4.78 is 9.40. The van der Waals surface area contributed by atoms with Crippen LogP contribution in [0, 0.1) is 5.92 Å². The molecule has 3 rings (SSSR count). The number of nitrogens with zero attached hydrogens (tertiary/aromatic N) is 2. The molecule has 4 nitrogen and oxygen atoms in total. The van der Waals surface area contributed by atoms with E-state index >= 15 is 0 Å². The molecule has 1 N–H and O–H groups in total. The number of fused-ring (bicyclic) bond motifs is 2. The number of aryl methyl sites for hydroxylation is 2. The molecule has 3 heterocycles. The van der Waals surface area contributed by atoms with Gasteiger partial charge in [-0.3, -0.25) is 4.68 Å². The maximum atomic E-state index is 6.04. The Hall–Kier alpha value is -0.390. The van der Waals surface area contributed by atoms with E-state index in [9.17, 15) is 0 Å². The summed E-state index contributed by atoms with van der Waals surface area (Å²) in [5.74, 6) is 0.644. The minimum atomic E-state index is 0.467. The highest BCUT2D eigenvalue weighted by Gasteiger charge is 2.44. The van der Waals surface area contributed by atoms with Gasteiger partial charge in [-0.25, -0.2) is 0 Å². The molecule has 1 aromatic rings. The standard InChI is InChI=1S/C16H26BrN3O/c1-4-12-16(17)14(20(5-2)19-12)9-13(18-3)11-8-10-6-7-15(11)21-10/h10-11,13,15,18H,4-9H2,1-3H3. The molecule has 1 aromatic heterocycles. The lowest BCUT2D eigenvalue weighted by Crippen LogP contribution is -2.40. The van der Waals surface area contributed by atoms with Crippen LogP contribution in [0.3, 0.4) is 0 Å². The van der Waals surface area contributed by atoms with Crippen LogP contribution >= 0.6 is 15.9 Å². The highest BCUT2D eigenvalue weighted by atomic mass is 79.9. The number of hydrogen-bond acceptors (Lipinski definition) is 3. The lowest BCUT2D eigenvalue weighted by Gasteiger charge is -2.28. The van der Waals surface area contributed by atoms with Crippen molar-refractivity contribution in [1.82, 2.24) is 15.1 Å². The van der Waals surface area contributed by atoms with Gasteiger partial charge in [0.25, 0.3) is 0 Å². The minimum Gasteiger partial charge on any atom is -0.375 e. The van der Waals surface area contributed by atoms with E-state index < -0.39 is 0 Å². The molecule has 21 heavy (non-hydrogen) atoms. The van der Waals surface area contributed by atoms with Crippen LogP contribution in [0.1, 0.15) is 44.5 Å². The van der Waals surface area contributed by atoms with Gasteiger partial charge in [0.05, 0.1) is 28.1 Å². The molecular formula is C16H26BrN3O. The van der Waals surface area contributed by atoms with Crippen molar-refractivity contribution < 1.29 is 4.74 Å². The van der Waals surface area contributed by atoms with Crippen LogP contribution in [0.2, 0.25) is 0 Å². The molecule has 2 bridgehead atoms. The zero-order valence-corrected chi connectivity index (χ0v) is 14.8. The first-order valence-corrected chi connectivity index (χ1v) is 9.03. The average molecular weight is 356 g/mol. The number of nitrogens with one attached hydrogen (secondary N) is 1. The predicted molar refractivity (Wildman–Crippen MR) is 87.5 cm³/mol. The van der Waals surface area contributed by atoms with E-state index in [1.807, 2.05) is 0 Å². The fraction of sp³-hybridized carbons (Fsp3) is 0.812. The van der Waals surface area contributed by atoms with Gasteiger partial charge in [0.1, 0.15) is 0 Å². The van der Waals surface area contributed by atoms with Gasteiger partial charge in [0, 0.05) is 24.9 Å². The Morgan fingerprint density at radius 2 is 2.24 bits per heavy atom. The van der Waals surface area contributed by atoms with E-state index in [0.29, 0.717) is 24.2 Å². The Balaban J connectivity index is 1.79. The lowest BCUT2D eigenvalue weighted by atomic mass is 9.82. The molecule has 0 radical (unpaired) electrons. The van der Waals surface area contributed by atoms with E-state index in [0.717, 1.165) is 19.4 Å². The molecule has 2 saturated heterocycles. The third kappa shape index (κ3) is 2.80. The zero-order valence-electron chi connectivity index (χ0n) is 13.2. The highest BCUT2D eigenvalue weighted by molar-refractivity contribution is 9.10. The van der Waals surface area contributed by atoms with Crippen LogP contribution in [0.15, 0.2) is 4.47 Å². The molecule has 4 unspecified atom stereocenters.